The topological polar surface area (TPSA) is 37.4 Å². The Bertz CT molecular complexity index is 384. The Hall–Kier alpha value is -1.12. The van der Waals surface area contributed by atoms with E-state index in [-0.39, 0.29) is 17.4 Å². The Morgan fingerprint density at radius 2 is 1.29 bits per heavy atom. The van der Waals surface area contributed by atoms with Crippen molar-refractivity contribution < 1.29 is 9.59 Å². The second-order valence-corrected chi connectivity index (χ2v) is 6.49. The number of carbonyl (C=O) groups is 2. The minimum absolute atomic E-state index is 0.0723. The number of amides is 2. The highest BCUT2D eigenvalue weighted by Crippen LogP contribution is 2.58. The molecule has 0 N–H and O–H groups in total. The first-order valence-corrected chi connectivity index (χ1v) is 6.72. The maximum Gasteiger partial charge on any atom is 0.254 e. The Morgan fingerprint density at radius 1 is 0.882 bits per heavy atom. The van der Waals surface area contributed by atoms with Crippen LogP contribution in [-0.4, -0.2) is 22.3 Å². The molecule has 4 saturated carbocycles. The Morgan fingerprint density at radius 3 is 1.71 bits per heavy atom. The summed E-state index contributed by atoms with van der Waals surface area (Å²) < 4.78 is 0. The number of hydrogen-bond acceptors (Lipinski definition) is 2. The van der Waals surface area contributed by atoms with E-state index in [1.54, 1.807) is 4.90 Å². The molecule has 4 aliphatic carbocycles. The van der Waals surface area contributed by atoms with Crippen molar-refractivity contribution >= 4 is 11.8 Å². The third-order valence-electron chi connectivity index (χ3n) is 5.29. The summed E-state index contributed by atoms with van der Waals surface area (Å²) in [4.78, 5) is 25.4. The van der Waals surface area contributed by atoms with Gasteiger partial charge in [-0.2, -0.15) is 0 Å². The second kappa shape index (κ2) is 3.01. The smallest absolute Gasteiger partial charge is 0.254 e. The summed E-state index contributed by atoms with van der Waals surface area (Å²) in [7, 11) is 0. The molecular formula is C14H17NO2. The molecule has 0 atom stereocenters. The summed E-state index contributed by atoms with van der Waals surface area (Å²) in [5, 5.41) is 0. The molecule has 1 heterocycles. The average Bonchev–Trinajstić information content (AvgIpc) is 2.56. The van der Waals surface area contributed by atoms with Crippen molar-refractivity contribution in [3.63, 3.8) is 0 Å². The molecule has 0 unspecified atom stereocenters. The van der Waals surface area contributed by atoms with E-state index >= 15 is 0 Å². The van der Waals surface area contributed by atoms with Gasteiger partial charge in [0.2, 0.25) is 0 Å². The monoisotopic (exact) mass is 231 g/mol. The van der Waals surface area contributed by atoms with Gasteiger partial charge in [-0.25, -0.2) is 0 Å². The predicted octanol–water partition coefficient (Wildman–Crippen LogP) is 1.88. The average molecular weight is 231 g/mol. The highest BCUT2D eigenvalue weighted by atomic mass is 16.2. The van der Waals surface area contributed by atoms with E-state index < -0.39 is 0 Å². The SMILES string of the molecule is O=C1C=CC(=O)N1C12CC3CC(CC(C3)C1)C2. The fourth-order valence-corrected chi connectivity index (χ4v) is 5.21. The summed E-state index contributed by atoms with van der Waals surface area (Å²) >= 11 is 0. The first kappa shape index (κ1) is 9.86. The molecule has 5 aliphatic rings. The van der Waals surface area contributed by atoms with Crippen molar-refractivity contribution in [2.75, 3.05) is 0 Å². The predicted molar refractivity (Wildman–Crippen MR) is 61.9 cm³/mol. The van der Waals surface area contributed by atoms with E-state index in [9.17, 15) is 9.59 Å². The molecule has 0 saturated heterocycles. The lowest BCUT2D eigenvalue weighted by Gasteiger charge is -2.59. The fraction of sp³-hybridized carbons (Fsp3) is 0.714. The third-order valence-corrected chi connectivity index (χ3v) is 5.29. The molecule has 0 spiro atoms. The van der Waals surface area contributed by atoms with Gasteiger partial charge >= 0.3 is 0 Å². The normalized spacial score (nSPS) is 47.3. The number of nitrogens with zero attached hydrogens (tertiary/aromatic N) is 1. The molecule has 4 fully saturated rings. The summed E-state index contributed by atoms with van der Waals surface area (Å²) in [5.74, 6) is 2.15. The molecule has 0 aromatic carbocycles. The lowest BCUT2D eigenvalue weighted by Crippen LogP contribution is -2.61. The molecule has 0 aromatic heterocycles. The highest BCUT2D eigenvalue weighted by molar-refractivity contribution is 6.13. The van der Waals surface area contributed by atoms with Crippen LogP contribution in [0.3, 0.4) is 0 Å². The standard InChI is InChI=1S/C14H17NO2/c16-12-1-2-13(17)15(12)14-6-9-3-10(7-14)5-11(4-9)8-14/h1-2,9-11H,3-8H2. The van der Waals surface area contributed by atoms with Gasteiger partial charge < -0.3 is 0 Å². The van der Waals surface area contributed by atoms with Crippen LogP contribution >= 0.6 is 0 Å². The Kier molecular flexibility index (Phi) is 1.74. The summed E-state index contributed by atoms with van der Waals surface area (Å²) in [6.07, 6.45) is 10.1. The van der Waals surface area contributed by atoms with Gasteiger partial charge in [-0.3, -0.25) is 14.5 Å². The van der Waals surface area contributed by atoms with Crippen molar-refractivity contribution in [3.05, 3.63) is 12.2 Å². The third kappa shape index (κ3) is 1.23. The van der Waals surface area contributed by atoms with E-state index in [1.807, 2.05) is 0 Å². The Labute approximate surface area is 101 Å². The van der Waals surface area contributed by atoms with Gasteiger partial charge in [0.15, 0.2) is 0 Å². The summed E-state index contributed by atoms with van der Waals surface area (Å²) in [6, 6.07) is 0. The second-order valence-electron chi connectivity index (χ2n) is 6.49. The van der Waals surface area contributed by atoms with Gasteiger partial charge in [-0.05, 0) is 56.3 Å². The van der Waals surface area contributed by atoms with Crippen LogP contribution in [0.5, 0.6) is 0 Å². The molecule has 5 rings (SSSR count). The summed E-state index contributed by atoms with van der Waals surface area (Å²) in [5.41, 5.74) is -0.105. The van der Waals surface area contributed by atoms with Crippen molar-refractivity contribution in [3.8, 4) is 0 Å². The molecule has 2 amide bonds. The van der Waals surface area contributed by atoms with Crippen LogP contribution in [0, 0.1) is 17.8 Å². The van der Waals surface area contributed by atoms with Crippen molar-refractivity contribution in [1.82, 2.24) is 4.90 Å². The van der Waals surface area contributed by atoms with E-state index in [4.69, 9.17) is 0 Å². The van der Waals surface area contributed by atoms with Crippen LogP contribution in [-0.2, 0) is 9.59 Å². The molecule has 0 radical (unpaired) electrons. The molecule has 3 heteroatoms. The zero-order valence-corrected chi connectivity index (χ0v) is 9.89. The van der Waals surface area contributed by atoms with Crippen LogP contribution in [0.1, 0.15) is 38.5 Å². The minimum Gasteiger partial charge on any atom is -0.269 e. The number of hydrogen-bond donors (Lipinski definition) is 0. The lowest BCUT2D eigenvalue weighted by molar-refractivity contribution is -0.156. The molecule has 0 aromatic rings. The number of imide groups is 1. The van der Waals surface area contributed by atoms with Crippen LogP contribution in [0.2, 0.25) is 0 Å². The number of rotatable bonds is 1. The first-order chi connectivity index (χ1) is 8.16. The highest BCUT2D eigenvalue weighted by Gasteiger charge is 2.56. The zero-order chi connectivity index (χ0) is 11.6. The van der Waals surface area contributed by atoms with Crippen molar-refractivity contribution in [1.29, 1.82) is 0 Å². The van der Waals surface area contributed by atoms with Gasteiger partial charge in [0.05, 0.1) is 5.54 Å². The van der Waals surface area contributed by atoms with Gasteiger partial charge in [0, 0.05) is 12.2 Å². The Balaban J connectivity index is 1.73. The summed E-state index contributed by atoms with van der Waals surface area (Å²) in [6.45, 7) is 0. The lowest BCUT2D eigenvalue weighted by atomic mass is 9.52. The van der Waals surface area contributed by atoms with Crippen LogP contribution in [0.25, 0.3) is 0 Å². The minimum atomic E-state index is -0.105. The zero-order valence-electron chi connectivity index (χ0n) is 9.89. The van der Waals surface area contributed by atoms with Crippen molar-refractivity contribution in [2.45, 2.75) is 44.1 Å². The van der Waals surface area contributed by atoms with E-state index in [2.05, 4.69) is 0 Å². The molecule has 1 aliphatic heterocycles. The maximum atomic E-state index is 11.9. The molecule has 3 nitrogen and oxygen atoms in total. The molecule has 4 bridgehead atoms. The van der Waals surface area contributed by atoms with Crippen LogP contribution < -0.4 is 0 Å². The molecular weight excluding hydrogens is 214 g/mol. The quantitative estimate of drug-likeness (QED) is 0.646. The van der Waals surface area contributed by atoms with Gasteiger partial charge in [0.25, 0.3) is 11.8 Å². The van der Waals surface area contributed by atoms with Crippen LogP contribution in [0.4, 0.5) is 0 Å². The van der Waals surface area contributed by atoms with E-state index in [0.29, 0.717) is 0 Å². The molecule has 90 valence electrons. The van der Waals surface area contributed by atoms with Crippen LogP contribution in [0.15, 0.2) is 12.2 Å². The molecule has 17 heavy (non-hydrogen) atoms. The first-order valence-electron chi connectivity index (χ1n) is 6.72. The largest absolute Gasteiger partial charge is 0.269 e. The maximum absolute atomic E-state index is 11.9. The number of carbonyl (C=O) groups excluding carboxylic acids is 2. The van der Waals surface area contributed by atoms with E-state index in [0.717, 1.165) is 37.0 Å². The fourth-order valence-electron chi connectivity index (χ4n) is 5.21. The van der Waals surface area contributed by atoms with E-state index in [1.165, 1.54) is 31.4 Å². The van der Waals surface area contributed by atoms with Crippen molar-refractivity contribution in [2.24, 2.45) is 17.8 Å². The van der Waals surface area contributed by atoms with Gasteiger partial charge in [-0.1, -0.05) is 0 Å². The van der Waals surface area contributed by atoms with Gasteiger partial charge in [0.1, 0.15) is 0 Å². The van der Waals surface area contributed by atoms with Gasteiger partial charge in [-0.15, -0.1) is 0 Å².